The number of hydrogen-bond acceptors (Lipinski definition) is 2. The summed E-state index contributed by atoms with van der Waals surface area (Å²) in [5, 5.41) is 4.48. The minimum Gasteiger partial charge on any atom is -0.381 e. The molecule has 0 aliphatic heterocycles. The Morgan fingerprint density at radius 2 is 1.71 bits per heavy atom. The molecule has 5 heteroatoms. The Bertz CT molecular complexity index is 636. The third-order valence-electron chi connectivity index (χ3n) is 3.05. The minimum absolute atomic E-state index is 0.0329. The van der Waals surface area contributed by atoms with Crippen molar-refractivity contribution in [3.05, 3.63) is 63.6 Å². The molecular formula is C16H16Cl2N2O. The number of nitrogens with zero attached hydrogens (tertiary/aromatic N) is 1. The predicted octanol–water partition coefficient (Wildman–Crippen LogP) is 4.31. The molecule has 110 valence electrons. The molecule has 0 saturated heterocycles. The maximum Gasteiger partial charge on any atom is 0.253 e. The molecular weight excluding hydrogens is 307 g/mol. The van der Waals surface area contributed by atoms with Crippen molar-refractivity contribution in [3.8, 4) is 0 Å². The molecule has 2 aromatic rings. The van der Waals surface area contributed by atoms with E-state index in [-0.39, 0.29) is 5.91 Å². The van der Waals surface area contributed by atoms with E-state index in [1.165, 1.54) is 0 Å². The van der Waals surface area contributed by atoms with Crippen LogP contribution in [-0.2, 0) is 6.54 Å². The van der Waals surface area contributed by atoms with Crippen LogP contribution in [0.25, 0.3) is 0 Å². The number of halogens is 2. The highest BCUT2D eigenvalue weighted by atomic mass is 35.5. The van der Waals surface area contributed by atoms with E-state index < -0.39 is 0 Å². The molecule has 0 unspecified atom stereocenters. The van der Waals surface area contributed by atoms with Gasteiger partial charge in [0.05, 0.1) is 0 Å². The maximum atomic E-state index is 11.9. The van der Waals surface area contributed by atoms with Crippen LogP contribution in [0.2, 0.25) is 10.0 Å². The Labute approximate surface area is 134 Å². The molecule has 3 nitrogen and oxygen atoms in total. The van der Waals surface area contributed by atoms with Gasteiger partial charge in [-0.05, 0) is 30.3 Å². The molecule has 0 aliphatic carbocycles. The molecule has 0 bridgehead atoms. The van der Waals surface area contributed by atoms with E-state index in [0.717, 1.165) is 11.3 Å². The van der Waals surface area contributed by atoms with E-state index in [1.54, 1.807) is 37.2 Å². The van der Waals surface area contributed by atoms with Crippen molar-refractivity contribution in [1.29, 1.82) is 0 Å². The largest absolute Gasteiger partial charge is 0.381 e. The summed E-state index contributed by atoms with van der Waals surface area (Å²) in [4.78, 5) is 13.5. The summed E-state index contributed by atoms with van der Waals surface area (Å²) in [5.41, 5.74) is 2.32. The molecule has 0 atom stereocenters. The van der Waals surface area contributed by atoms with Crippen molar-refractivity contribution in [2.45, 2.75) is 6.54 Å². The SMILES string of the molecule is CN(C)C(=O)c1cccc(NCc2c(Cl)cccc2Cl)c1. The molecule has 0 spiro atoms. The highest BCUT2D eigenvalue weighted by Crippen LogP contribution is 2.25. The van der Waals surface area contributed by atoms with Gasteiger partial charge in [0.15, 0.2) is 0 Å². The van der Waals surface area contributed by atoms with Crippen molar-refractivity contribution in [2.75, 3.05) is 19.4 Å². The van der Waals surface area contributed by atoms with Gasteiger partial charge in [0.2, 0.25) is 0 Å². The number of rotatable bonds is 4. The quantitative estimate of drug-likeness (QED) is 0.909. The van der Waals surface area contributed by atoms with Crippen LogP contribution in [0.15, 0.2) is 42.5 Å². The average molecular weight is 323 g/mol. The monoisotopic (exact) mass is 322 g/mol. The lowest BCUT2D eigenvalue weighted by Gasteiger charge is -2.13. The third-order valence-corrected chi connectivity index (χ3v) is 3.75. The van der Waals surface area contributed by atoms with Gasteiger partial charge < -0.3 is 10.2 Å². The Kier molecular flexibility index (Phi) is 5.10. The first kappa shape index (κ1) is 15.7. The van der Waals surface area contributed by atoms with Gasteiger partial charge in [-0.15, -0.1) is 0 Å². The lowest BCUT2D eigenvalue weighted by Crippen LogP contribution is -2.21. The van der Waals surface area contributed by atoms with E-state index >= 15 is 0 Å². The predicted molar refractivity (Wildman–Crippen MR) is 88.2 cm³/mol. The van der Waals surface area contributed by atoms with E-state index in [0.29, 0.717) is 22.2 Å². The zero-order chi connectivity index (χ0) is 15.4. The molecule has 1 N–H and O–H groups in total. The fraction of sp³-hybridized carbons (Fsp3) is 0.188. The summed E-state index contributed by atoms with van der Waals surface area (Å²) in [5.74, 6) is -0.0329. The summed E-state index contributed by atoms with van der Waals surface area (Å²) in [6.07, 6.45) is 0. The number of carbonyl (C=O) groups is 1. The van der Waals surface area contributed by atoms with Crippen molar-refractivity contribution in [1.82, 2.24) is 4.90 Å². The molecule has 0 radical (unpaired) electrons. The van der Waals surface area contributed by atoms with E-state index in [4.69, 9.17) is 23.2 Å². The summed E-state index contributed by atoms with van der Waals surface area (Å²) >= 11 is 12.3. The second kappa shape index (κ2) is 6.83. The van der Waals surface area contributed by atoms with Gasteiger partial charge in [-0.1, -0.05) is 35.3 Å². The zero-order valence-electron chi connectivity index (χ0n) is 11.9. The van der Waals surface area contributed by atoms with E-state index in [9.17, 15) is 4.79 Å². The maximum absolute atomic E-state index is 11.9. The van der Waals surface area contributed by atoms with Crippen LogP contribution in [0.3, 0.4) is 0 Å². The highest BCUT2D eigenvalue weighted by Gasteiger charge is 2.09. The van der Waals surface area contributed by atoms with Crippen LogP contribution in [0.5, 0.6) is 0 Å². The molecule has 2 rings (SSSR count). The normalized spacial score (nSPS) is 10.3. The standard InChI is InChI=1S/C16H16Cl2N2O/c1-20(2)16(21)11-5-3-6-12(9-11)19-10-13-14(17)7-4-8-15(13)18/h3-9,19H,10H2,1-2H3. The molecule has 0 fully saturated rings. The van der Waals surface area contributed by atoms with Gasteiger partial charge >= 0.3 is 0 Å². The first-order valence-corrected chi connectivity index (χ1v) is 7.23. The number of anilines is 1. The molecule has 0 heterocycles. The van der Waals surface area contributed by atoms with Gasteiger partial charge in [0, 0.05) is 47.5 Å². The number of carbonyl (C=O) groups excluding carboxylic acids is 1. The minimum atomic E-state index is -0.0329. The fourth-order valence-corrected chi connectivity index (χ4v) is 2.44. The van der Waals surface area contributed by atoms with Crippen molar-refractivity contribution in [3.63, 3.8) is 0 Å². The summed E-state index contributed by atoms with van der Waals surface area (Å²) in [7, 11) is 3.46. The molecule has 2 aromatic carbocycles. The first-order chi connectivity index (χ1) is 9.99. The van der Waals surface area contributed by atoms with Crippen molar-refractivity contribution < 1.29 is 4.79 Å². The zero-order valence-corrected chi connectivity index (χ0v) is 13.4. The van der Waals surface area contributed by atoms with Crippen LogP contribution in [0.4, 0.5) is 5.69 Å². The Morgan fingerprint density at radius 3 is 2.33 bits per heavy atom. The van der Waals surface area contributed by atoms with Crippen molar-refractivity contribution in [2.24, 2.45) is 0 Å². The topological polar surface area (TPSA) is 32.3 Å². The second-order valence-corrected chi connectivity index (χ2v) is 5.65. The lowest BCUT2D eigenvalue weighted by molar-refractivity contribution is 0.0827. The Morgan fingerprint density at radius 1 is 1.10 bits per heavy atom. The number of benzene rings is 2. The smallest absolute Gasteiger partial charge is 0.253 e. The Hall–Kier alpha value is -1.71. The number of hydrogen-bond donors (Lipinski definition) is 1. The van der Waals surface area contributed by atoms with E-state index in [2.05, 4.69) is 5.32 Å². The van der Waals surface area contributed by atoms with Crippen LogP contribution >= 0.6 is 23.2 Å². The molecule has 0 aromatic heterocycles. The summed E-state index contributed by atoms with van der Waals surface area (Å²) in [6, 6.07) is 12.8. The van der Waals surface area contributed by atoms with Gasteiger partial charge in [-0.25, -0.2) is 0 Å². The van der Waals surface area contributed by atoms with Gasteiger partial charge in [0.25, 0.3) is 5.91 Å². The molecule has 0 saturated carbocycles. The van der Waals surface area contributed by atoms with Gasteiger partial charge in [-0.3, -0.25) is 4.79 Å². The van der Waals surface area contributed by atoms with Gasteiger partial charge in [0.1, 0.15) is 0 Å². The van der Waals surface area contributed by atoms with Crippen LogP contribution in [0, 0.1) is 0 Å². The molecule has 21 heavy (non-hydrogen) atoms. The molecule has 1 amide bonds. The lowest BCUT2D eigenvalue weighted by atomic mass is 10.1. The van der Waals surface area contributed by atoms with E-state index in [1.807, 2.05) is 24.3 Å². The summed E-state index contributed by atoms with van der Waals surface area (Å²) in [6.45, 7) is 0.498. The number of nitrogens with one attached hydrogen (secondary N) is 1. The van der Waals surface area contributed by atoms with Gasteiger partial charge in [-0.2, -0.15) is 0 Å². The van der Waals surface area contributed by atoms with Crippen molar-refractivity contribution >= 4 is 34.8 Å². The fourth-order valence-electron chi connectivity index (χ4n) is 1.91. The second-order valence-electron chi connectivity index (χ2n) is 4.83. The van der Waals surface area contributed by atoms with Crippen LogP contribution < -0.4 is 5.32 Å². The number of amides is 1. The highest BCUT2D eigenvalue weighted by molar-refractivity contribution is 6.36. The average Bonchev–Trinajstić information content (AvgIpc) is 2.46. The Balaban J connectivity index is 2.14. The summed E-state index contributed by atoms with van der Waals surface area (Å²) < 4.78 is 0. The van der Waals surface area contributed by atoms with Crippen LogP contribution in [-0.4, -0.2) is 24.9 Å². The van der Waals surface area contributed by atoms with Crippen LogP contribution in [0.1, 0.15) is 15.9 Å². The third kappa shape index (κ3) is 3.90. The first-order valence-electron chi connectivity index (χ1n) is 6.47. The molecule has 0 aliphatic rings.